The minimum absolute atomic E-state index is 0.00801. The molecule has 0 spiro atoms. The molecule has 0 unspecified atom stereocenters. The van der Waals surface area contributed by atoms with Gasteiger partial charge in [0.2, 0.25) is 5.91 Å². The first-order valence-electron chi connectivity index (χ1n) is 8.96. The number of primary amides is 1. The maximum Gasteiger partial charge on any atom is 0.400 e. The van der Waals surface area contributed by atoms with Gasteiger partial charge in [0.05, 0.1) is 9.60 Å². The molecule has 0 fully saturated rings. The molecular weight excluding hydrogens is 567 g/mol. The molecule has 3 rings (SSSR count). The predicted octanol–water partition coefficient (Wildman–Crippen LogP) is 4.28. The largest absolute Gasteiger partial charge is 0.487 e. The average molecular weight is 584 g/mol. The number of ether oxygens (including phenoxy) is 1. The van der Waals surface area contributed by atoms with Crippen LogP contribution in [0.15, 0.2) is 39.7 Å². The Morgan fingerprint density at radius 3 is 2.42 bits per heavy atom. The van der Waals surface area contributed by atoms with E-state index in [1.54, 1.807) is 13.0 Å². The Kier molecular flexibility index (Phi) is 6.79. The Hall–Kier alpha value is -1.89. The lowest BCUT2D eigenvalue weighted by Gasteiger charge is -2.16. The Morgan fingerprint density at radius 1 is 1.27 bits per heavy atom. The minimum Gasteiger partial charge on any atom is -0.487 e. The maximum absolute atomic E-state index is 14.4. The van der Waals surface area contributed by atoms with Crippen molar-refractivity contribution in [2.24, 2.45) is 5.73 Å². The molecule has 0 saturated carbocycles. The molecule has 4 N–H and O–H groups in total. The first-order valence-corrected chi connectivity index (χ1v) is 14.1. The number of halogens is 3. The molecule has 14 heteroatoms. The van der Waals surface area contributed by atoms with Gasteiger partial charge in [0, 0.05) is 21.7 Å². The molecule has 3 aromatic rings. The highest BCUT2D eigenvalue weighted by Gasteiger charge is 2.53. The second-order valence-electron chi connectivity index (χ2n) is 7.19. The van der Waals surface area contributed by atoms with Crippen molar-refractivity contribution in [1.82, 2.24) is 0 Å². The summed E-state index contributed by atoms with van der Waals surface area (Å²) in [5.41, 5.74) is 1.99. The molecule has 2 aromatic carbocycles. The van der Waals surface area contributed by atoms with Gasteiger partial charge in [-0.15, -0.1) is 11.3 Å². The van der Waals surface area contributed by atoms with Crippen LogP contribution in [-0.2, 0) is 26.7 Å². The van der Waals surface area contributed by atoms with E-state index in [-0.39, 0.29) is 37.4 Å². The number of hydrogen-bond donors (Lipinski definition) is 3. The molecule has 1 aromatic heterocycles. The van der Waals surface area contributed by atoms with Crippen molar-refractivity contribution in [3.63, 3.8) is 0 Å². The lowest BCUT2D eigenvalue weighted by Crippen LogP contribution is -2.12. The Morgan fingerprint density at radius 2 is 1.91 bits per heavy atom. The van der Waals surface area contributed by atoms with Crippen LogP contribution in [0.5, 0.6) is 5.75 Å². The van der Waals surface area contributed by atoms with E-state index in [9.17, 15) is 26.6 Å². The van der Waals surface area contributed by atoms with Crippen molar-refractivity contribution in [2.75, 3.05) is 6.26 Å². The number of amides is 1. The number of benzene rings is 2. The third-order valence-electron chi connectivity index (χ3n) is 4.74. The number of hydrogen-bond acceptors (Lipinski definition) is 6. The second kappa shape index (κ2) is 8.71. The lowest BCUT2D eigenvalue weighted by atomic mass is 10.1. The van der Waals surface area contributed by atoms with Crippen LogP contribution in [0.25, 0.3) is 10.1 Å². The van der Waals surface area contributed by atoms with Crippen molar-refractivity contribution < 1.29 is 41.1 Å². The fourth-order valence-electron chi connectivity index (χ4n) is 2.93. The highest BCUT2D eigenvalue weighted by atomic mass is 79.9. The topological polar surface area (TPSA) is 144 Å². The SMILES string of the molecule is Cc1cc(S(C)(=O)=O)ccc1COc1cc(C(N)=O)cc2c(Br)c(C(F)(F)P(=O)(O)O)sc12. The van der Waals surface area contributed by atoms with Gasteiger partial charge in [-0.25, -0.2) is 8.42 Å². The van der Waals surface area contributed by atoms with Gasteiger partial charge in [0.1, 0.15) is 17.2 Å². The van der Waals surface area contributed by atoms with Crippen LogP contribution >= 0.6 is 34.9 Å². The molecule has 1 amide bonds. The van der Waals surface area contributed by atoms with E-state index in [1.165, 1.54) is 24.3 Å². The Bertz CT molecular complexity index is 1430. The zero-order valence-corrected chi connectivity index (χ0v) is 21.1. The van der Waals surface area contributed by atoms with Crippen LogP contribution in [0, 0.1) is 6.92 Å². The Labute approximate surface area is 199 Å². The molecule has 0 aliphatic carbocycles. The smallest absolute Gasteiger partial charge is 0.400 e. The molecule has 8 nitrogen and oxygen atoms in total. The van der Waals surface area contributed by atoms with Crippen molar-refractivity contribution in [3.05, 3.63) is 56.4 Å². The van der Waals surface area contributed by atoms with Gasteiger partial charge in [0.15, 0.2) is 9.84 Å². The standard InChI is InChI=1S/C19H17BrF2NO7PS2/c1-9-5-12(33(2,28)29)4-3-10(9)8-30-14-7-11(18(23)24)6-13-15(20)17(32-16(13)14)19(21,22)31(25,26)27/h3-7H,8H2,1-2H3,(H2,23,24)(H2,25,26,27). The highest BCUT2D eigenvalue weighted by Crippen LogP contribution is 2.63. The number of carbonyl (C=O) groups excluding carboxylic acids is 1. The highest BCUT2D eigenvalue weighted by molar-refractivity contribution is 9.10. The third-order valence-corrected chi connectivity index (χ3v) is 9.34. The summed E-state index contributed by atoms with van der Waals surface area (Å²) in [4.78, 5) is 29.2. The van der Waals surface area contributed by atoms with Gasteiger partial charge in [-0.3, -0.25) is 9.36 Å². The fourth-order valence-corrected chi connectivity index (χ4v) is 6.61. The number of aryl methyl sites for hydroxylation is 1. The van der Waals surface area contributed by atoms with Gasteiger partial charge in [-0.2, -0.15) is 8.78 Å². The van der Waals surface area contributed by atoms with E-state index in [0.717, 1.165) is 6.26 Å². The summed E-state index contributed by atoms with van der Waals surface area (Å²) in [7, 11) is -9.25. The number of rotatable bonds is 7. The molecule has 0 aliphatic rings. The maximum atomic E-state index is 14.4. The normalized spacial score (nSPS) is 12.8. The molecule has 0 radical (unpaired) electrons. The molecule has 178 valence electrons. The molecule has 0 saturated heterocycles. The number of carbonyl (C=O) groups is 1. The summed E-state index contributed by atoms with van der Waals surface area (Å²) in [6.45, 7) is 1.57. The van der Waals surface area contributed by atoms with E-state index in [0.29, 0.717) is 22.5 Å². The van der Waals surface area contributed by atoms with Gasteiger partial charge in [-0.05, 0) is 58.2 Å². The second-order valence-corrected chi connectivity index (χ2v) is 12.7. The van der Waals surface area contributed by atoms with E-state index < -0.39 is 33.9 Å². The van der Waals surface area contributed by atoms with Gasteiger partial charge < -0.3 is 20.3 Å². The monoisotopic (exact) mass is 583 g/mol. The summed E-state index contributed by atoms with van der Waals surface area (Å²) in [5.74, 6) is -0.872. The fraction of sp³-hybridized carbons (Fsp3) is 0.211. The zero-order chi connectivity index (χ0) is 24.9. The molecule has 1 heterocycles. The predicted molar refractivity (Wildman–Crippen MR) is 123 cm³/mol. The third kappa shape index (κ3) is 4.98. The number of thiophene rings is 1. The summed E-state index contributed by atoms with van der Waals surface area (Å²) in [6, 6.07) is 6.86. The number of nitrogens with two attached hydrogens (primary N) is 1. The van der Waals surface area contributed by atoms with E-state index in [2.05, 4.69) is 15.9 Å². The summed E-state index contributed by atoms with van der Waals surface area (Å²) in [6.07, 6.45) is 1.07. The zero-order valence-electron chi connectivity index (χ0n) is 17.0. The summed E-state index contributed by atoms with van der Waals surface area (Å²) < 4.78 is 69.2. The van der Waals surface area contributed by atoms with E-state index in [4.69, 9.17) is 20.3 Å². The molecule has 0 atom stereocenters. The molecule has 0 bridgehead atoms. The van der Waals surface area contributed by atoms with Crippen molar-refractivity contribution >= 4 is 60.7 Å². The van der Waals surface area contributed by atoms with Gasteiger partial charge in [0.25, 0.3) is 0 Å². The number of sulfone groups is 1. The minimum atomic E-state index is -5.84. The van der Waals surface area contributed by atoms with Gasteiger partial charge >= 0.3 is 13.3 Å². The van der Waals surface area contributed by atoms with Crippen LogP contribution in [-0.4, -0.2) is 30.4 Å². The quantitative estimate of drug-likeness (QED) is 0.352. The van der Waals surface area contributed by atoms with E-state index in [1.807, 2.05) is 0 Å². The summed E-state index contributed by atoms with van der Waals surface area (Å²) in [5, 5.41) is 0.0681. The molecule has 0 aliphatic heterocycles. The summed E-state index contributed by atoms with van der Waals surface area (Å²) >= 11 is 3.36. The van der Waals surface area contributed by atoms with Crippen molar-refractivity contribution in [3.8, 4) is 5.75 Å². The average Bonchev–Trinajstić information content (AvgIpc) is 3.02. The molecular formula is C19H17BrF2NO7PS2. The van der Waals surface area contributed by atoms with Gasteiger partial charge in [-0.1, -0.05) is 6.07 Å². The van der Waals surface area contributed by atoms with Crippen molar-refractivity contribution in [2.45, 2.75) is 24.1 Å². The lowest BCUT2D eigenvalue weighted by molar-refractivity contribution is 0.0595. The number of fused-ring (bicyclic) bond motifs is 1. The van der Waals surface area contributed by atoms with Crippen LogP contribution in [0.2, 0.25) is 0 Å². The van der Waals surface area contributed by atoms with E-state index >= 15 is 0 Å². The molecule has 33 heavy (non-hydrogen) atoms. The first-order chi connectivity index (χ1) is 15.0. The Balaban J connectivity index is 2.10. The first kappa shape index (κ1) is 25.7. The van der Waals surface area contributed by atoms with Crippen LogP contribution < -0.4 is 10.5 Å². The van der Waals surface area contributed by atoms with Crippen LogP contribution in [0.1, 0.15) is 26.4 Å². The van der Waals surface area contributed by atoms with Crippen molar-refractivity contribution in [1.29, 1.82) is 0 Å². The number of alkyl halides is 2. The van der Waals surface area contributed by atoms with Crippen LogP contribution in [0.4, 0.5) is 8.78 Å². The van der Waals surface area contributed by atoms with Crippen LogP contribution in [0.3, 0.4) is 0 Å².